The van der Waals surface area contributed by atoms with Crippen molar-refractivity contribution in [1.29, 1.82) is 0 Å². The molecule has 21 heavy (non-hydrogen) atoms. The van der Waals surface area contributed by atoms with Crippen LogP contribution in [0, 0.1) is 0 Å². The number of carbonyl (C=O) groups is 2. The summed E-state index contributed by atoms with van der Waals surface area (Å²) in [5.74, 6) is 0.339. The normalized spacial score (nSPS) is 20.7. The third-order valence-corrected chi connectivity index (χ3v) is 4.46. The van der Waals surface area contributed by atoms with Crippen molar-refractivity contribution in [2.24, 2.45) is 0 Å². The number of amides is 3. The van der Waals surface area contributed by atoms with Crippen molar-refractivity contribution in [3.05, 3.63) is 23.9 Å². The number of methoxy groups -OCH3 is 1. The highest BCUT2D eigenvalue weighted by atomic mass is 16.5. The lowest BCUT2D eigenvalue weighted by molar-refractivity contribution is -0.128. The Balaban J connectivity index is 1.91. The Bertz CT molecular complexity index is 567. The molecule has 1 aliphatic heterocycles. The third-order valence-electron chi connectivity index (χ3n) is 4.46. The van der Waals surface area contributed by atoms with E-state index in [9.17, 15) is 9.59 Å². The van der Waals surface area contributed by atoms with Crippen molar-refractivity contribution < 1.29 is 14.3 Å². The van der Waals surface area contributed by atoms with Crippen molar-refractivity contribution in [1.82, 2.24) is 15.2 Å². The number of pyridine rings is 1. The Hall–Kier alpha value is -2.11. The van der Waals surface area contributed by atoms with Gasteiger partial charge in [-0.25, -0.2) is 9.78 Å². The van der Waals surface area contributed by atoms with E-state index in [1.165, 1.54) is 0 Å². The van der Waals surface area contributed by atoms with Crippen LogP contribution in [0.15, 0.2) is 18.3 Å². The topological polar surface area (TPSA) is 71.5 Å². The second-order valence-electron chi connectivity index (χ2n) is 5.61. The molecule has 2 fully saturated rings. The number of rotatable bonds is 3. The summed E-state index contributed by atoms with van der Waals surface area (Å²) in [6, 6.07) is 3.37. The summed E-state index contributed by atoms with van der Waals surface area (Å²) in [4.78, 5) is 30.3. The fraction of sp³-hybridized carbons (Fsp3) is 0.533. The number of nitrogens with zero attached hydrogens (tertiary/aromatic N) is 2. The molecule has 1 saturated carbocycles. The summed E-state index contributed by atoms with van der Waals surface area (Å²) in [5, 5.41) is 2.47. The van der Waals surface area contributed by atoms with Crippen LogP contribution in [0.2, 0.25) is 0 Å². The zero-order valence-corrected chi connectivity index (χ0v) is 12.1. The summed E-state index contributed by atoms with van der Waals surface area (Å²) in [7, 11) is 1.55. The molecule has 112 valence electrons. The Morgan fingerprint density at radius 3 is 2.81 bits per heavy atom. The lowest BCUT2D eigenvalue weighted by Gasteiger charge is -2.38. The Kier molecular flexibility index (Phi) is 3.53. The highest BCUT2D eigenvalue weighted by Crippen LogP contribution is 2.38. The quantitative estimate of drug-likeness (QED) is 0.862. The Morgan fingerprint density at radius 2 is 2.10 bits per heavy atom. The van der Waals surface area contributed by atoms with Gasteiger partial charge in [0.05, 0.1) is 13.7 Å². The number of hydrogen-bond acceptors (Lipinski definition) is 4. The van der Waals surface area contributed by atoms with Crippen molar-refractivity contribution in [2.75, 3.05) is 7.11 Å². The standard InChI is InChI=1S/C15H19N3O3/c1-21-12-11(6-5-9-16-12)10-18-14(20)17-13(19)15(18)7-3-2-4-8-15/h5-6,9H,2-4,7-8,10H2,1H3,(H,17,19,20). The third kappa shape index (κ3) is 2.24. The minimum Gasteiger partial charge on any atom is -0.481 e. The van der Waals surface area contributed by atoms with Gasteiger partial charge in [0.25, 0.3) is 5.91 Å². The molecule has 6 nitrogen and oxygen atoms in total. The number of ether oxygens (including phenoxy) is 1. The molecular formula is C15H19N3O3. The Labute approximate surface area is 123 Å². The number of urea groups is 1. The zero-order chi connectivity index (χ0) is 14.9. The van der Waals surface area contributed by atoms with Gasteiger partial charge in [0.1, 0.15) is 5.54 Å². The van der Waals surface area contributed by atoms with Gasteiger partial charge in [-0.1, -0.05) is 25.3 Å². The minimum absolute atomic E-state index is 0.157. The average molecular weight is 289 g/mol. The molecule has 0 unspecified atom stereocenters. The van der Waals surface area contributed by atoms with Gasteiger partial charge in [-0.2, -0.15) is 0 Å². The second kappa shape index (κ2) is 5.35. The fourth-order valence-electron chi connectivity index (χ4n) is 3.35. The van der Waals surface area contributed by atoms with Crippen LogP contribution in [0.25, 0.3) is 0 Å². The van der Waals surface area contributed by atoms with E-state index >= 15 is 0 Å². The van der Waals surface area contributed by atoms with E-state index in [1.54, 1.807) is 24.3 Å². The monoisotopic (exact) mass is 289 g/mol. The molecule has 3 amide bonds. The summed E-state index contributed by atoms with van der Waals surface area (Å²) in [6.07, 6.45) is 6.17. The van der Waals surface area contributed by atoms with Crippen LogP contribution in [0.5, 0.6) is 5.88 Å². The highest BCUT2D eigenvalue weighted by Gasteiger charge is 2.52. The summed E-state index contributed by atoms with van der Waals surface area (Å²) < 4.78 is 5.24. The first-order valence-corrected chi connectivity index (χ1v) is 7.28. The molecule has 1 aromatic rings. The van der Waals surface area contributed by atoms with Crippen molar-refractivity contribution in [2.45, 2.75) is 44.2 Å². The smallest absolute Gasteiger partial charge is 0.325 e. The highest BCUT2D eigenvalue weighted by molar-refractivity contribution is 6.07. The van der Waals surface area contributed by atoms with E-state index in [0.717, 1.165) is 37.7 Å². The van der Waals surface area contributed by atoms with E-state index in [-0.39, 0.29) is 11.9 Å². The molecule has 1 aliphatic carbocycles. The number of imide groups is 1. The lowest BCUT2D eigenvalue weighted by atomic mass is 9.80. The maximum absolute atomic E-state index is 12.3. The van der Waals surface area contributed by atoms with Gasteiger partial charge in [0, 0.05) is 11.8 Å². The molecule has 6 heteroatoms. The van der Waals surface area contributed by atoms with Crippen LogP contribution in [0.4, 0.5) is 4.79 Å². The molecule has 0 radical (unpaired) electrons. The van der Waals surface area contributed by atoms with Gasteiger partial charge in [0.15, 0.2) is 0 Å². The molecule has 2 heterocycles. The van der Waals surface area contributed by atoms with Gasteiger partial charge >= 0.3 is 6.03 Å². The molecule has 1 spiro atoms. The van der Waals surface area contributed by atoms with Crippen LogP contribution in [0.3, 0.4) is 0 Å². The molecule has 1 saturated heterocycles. The number of nitrogens with one attached hydrogen (secondary N) is 1. The molecular weight excluding hydrogens is 270 g/mol. The molecule has 0 atom stereocenters. The molecule has 1 N–H and O–H groups in total. The summed E-state index contributed by atoms with van der Waals surface area (Å²) >= 11 is 0. The predicted molar refractivity (Wildman–Crippen MR) is 75.7 cm³/mol. The van der Waals surface area contributed by atoms with Crippen LogP contribution in [0.1, 0.15) is 37.7 Å². The van der Waals surface area contributed by atoms with Gasteiger partial charge < -0.3 is 9.64 Å². The molecule has 3 rings (SSSR count). The molecule has 2 aliphatic rings. The molecule has 1 aromatic heterocycles. The average Bonchev–Trinajstić information content (AvgIpc) is 2.73. The predicted octanol–water partition coefficient (Wildman–Crippen LogP) is 1.84. The molecule has 0 aromatic carbocycles. The zero-order valence-electron chi connectivity index (χ0n) is 12.1. The van der Waals surface area contributed by atoms with Crippen molar-refractivity contribution >= 4 is 11.9 Å². The number of aromatic nitrogens is 1. The largest absolute Gasteiger partial charge is 0.481 e. The van der Waals surface area contributed by atoms with Crippen molar-refractivity contribution in [3.8, 4) is 5.88 Å². The van der Waals surface area contributed by atoms with Gasteiger partial charge in [-0.05, 0) is 18.9 Å². The lowest BCUT2D eigenvalue weighted by Crippen LogP contribution is -2.50. The van der Waals surface area contributed by atoms with Crippen LogP contribution < -0.4 is 10.1 Å². The fourth-order valence-corrected chi connectivity index (χ4v) is 3.35. The summed E-state index contributed by atoms with van der Waals surface area (Å²) in [6.45, 7) is 0.342. The van der Waals surface area contributed by atoms with Crippen LogP contribution in [-0.2, 0) is 11.3 Å². The van der Waals surface area contributed by atoms with Crippen molar-refractivity contribution in [3.63, 3.8) is 0 Å². The minimum atomic E-state index is -0.684. The van der Waals surface area contributed by atoms with Gasteiger partial charge in [-0.15, -0.1) is 0 Å². The Morgan fingerprint density at radius 1 is 1.33 bits per heavy atom. The van der Waals surface area contributed by atoms with Crippen LogP contribution in [-0.4, -0.2) is 34.5 Å². The van der Waals surface area contributed by atoms with E-state index in [0.29, 0.717) is 12.4 Å². The van der Waals surface area contributed by atoms with E-state index in [2.05, 4.69) is 10.3 Å². The maximum atomic E-state index is 12.3. The first-order chi connectivity index (χ1) is 10.2. The van der Waals surface area contributed by atoms with Crippen LogP contribution >= 0.6 is 0 Å². The SMILES string of the molecule is COc1ncccc1CN1C(=O)NC(=O)C12CCCCC2. The second-order valence-corrected chi connectivity index (χ2v) is 5.61. The molecule has 0 bridgehead atoms. The van der Waals surface area contributed by atoms with Gasteiger partial charge in [0.2, 0.25) is 5.88 Å². The van der Waals surface area contributed by atoms with E-state index in [4.69, 9.17) is 4.74 Å². The summed E-state index contributed by atoms with van der Waals surface area (Å²) in [5.41, 5.74) is 0.130. The number of hydrogen-bond donors (Lipinski definition) is 1. The maximum Gasteiger partial charge on any atom is 0.325 e. The first-order valence-electron chi connectivity index (χ1n) is 7.28. The number of carbonyl (C=O) groups excluding carboxylic acids is 2. The van der Waals surface area contributed by atoms with Gasteiger partial charge in [-0.3, -0.25) is 10.1 Å². The van der Waals surface area contributed by atoms with E-state index in [1.807, 2.05) is 6.07 Å². The first kappa shape index (κ1) is 13.9. The van der Waals surface area contributed by atoms with E-state index < -0.39 is 5.54 Å².